The molecule has 0 radical (unpaired) electrons. The predicted molar refractivity (Wildman–Crippen MR) is 61.6 cm³/mol. The standard InChI is InChI=1S/C10H18N2O2S/c1-3-9(11)5-4-8(2)12-15(13,14)10-6-7-10/h3,9-10,12H,1-2,4-7,11H2/t9-/m1/s1. The van der Waals surface area contributed by atoms with Crippen LogP contribution in [0.15, 0.2) is 24.9 Å². The van der Waals surface area contributed by atoms with Crippen molar-refractivity contribution in [2.24, 2.45) is 5.73 Å². The summed E-state index contributed by atoms with van der Waals surface area (Å²) < 4.78 is 25.5. The van der Waals surface area contributed by atoms with E-state index in [0.29, 0.717) is 18.5 Å². The summed E-state index contributed by atoms with van der Waals surface area (Å²) in [5.74, 6) is 0. The molecule has 0 spiro atoms. The van der Waals surface area contributed by atoms with Crippen LogP contribution < -0.4 is 10.5 Å². The molecule has 3 N–H and O–H groups in total. The maximum atomic E-state index is 11.5. The molecule has 86 valence electrons. The average Bonchev–Trinajstić information content (AvgIpc) is 2.96. The maximum Gasteiger partial charge on any atom is 0.235 e. The first kappa shape index (κ1) is 12.3. The van der Waals surface area contributed by atoms with Gasteiger partial charge in [-0.1, -0.05) is 12.7 Å². The highest BCUT2D eigenvalue weighted by molar-refractivity contribution is 7.90. The second kappa shape index (κ2) is 4.81. The van der Waals surface area contributed by atoms with Gasteiger partial charge in [0.05, 0.1) is 5.25 Å². The van der Waals surface area contributed by atoms with Gasteiger partial charge in [0.2, 0.25) is 10.0 Å². The first-order valence-corrected chi connectivity index (χ1v) is 6.58. The smallest absolute Gasteiger partial charge is 0.235 e. The highest BCUT2D eigenvalue weighted by Gasteiger charge is 2.35. The number of nitrogens with one attached hydrogen (secondary N) is 1. The van der Waals surface area contributed by atoms with Crippen LogP contribution in [-0.4, -0.2) is 19.7 Å². The van der Waals surface area contributed by atoms with Crippen LogP contribution in [-0.2, 0) is 10.0 Å². The Morgan fingerprint density at radius 2 is 2.20 bits per heavy atom. The third-order valence-electron chi connectivity index (χ3n) is 2.33. The zero-order valence-corrected chi connectivity index (χ0v) is 9.59. The van der Waals surface area contributed by atoms with E-state index in [1.54, 1.807) is 6.08 Å². The Hall–Kier alpha value is -0.810. The lowest BCUT2D eigenvalue weighted by molar-refractivity contribution is 0.584. The molecule has 0 aromatic carbocycles. The van der Waals surface area contributed by atoms with Crippen molar-refractivity contribution < 1.29 is 8.42 Å². The van der Waals surface area contributed by atoms with Crippen molar-refractivity contribution in [3.05, 3.63) is 24.9 Å². The zero-order chi connectivity index (χ0) is 11.5. The van der Waals surface area contributed by atoms with E-state index >= 15 is 0 Å². The SMILES string of the molecule is C=C[C@@H](N)CCC(=C)NS(=O)(=O)C1CC1. The second-order valence-corrected chi connectivity index (χ2v) is 5.85. The Morgan fingerprint density at radius 1 is 1.60 bits per heavy atom. The summed E-state index contributed by atoms with van der Waals surface area (Å²) in [7, 11) is -3.16. The molecule has 1 aliphatic carbocycles. The van der Waals surface area contributed by atoms with Crippen molar-refractivity contribution in [1.82, 2.24) is 4.72 Å². The lowest BCUT2D eigenvalue weighted by atomic mass is 10.1. The molecule has 1 aliphatic rings. The summed E-state index contributed by atoms with van der Waals surface area (Å²) in [5, 5.41) is -0.206. The molecule has 0 unspecified atom stereocenters. The number of sulfonamides is 1. The minimum Gasteiger partial charge on any atom is -0.324 e. The maximum absolute atomic E-state index is 11.5. The minimum atomic E-state index is -3.16. The lowest BCUT2D eigenvalue weighted by Crippen LogP contribution is -2.27. The van der Waals surface area contributed by atoms with Gasteiger partial charge in [-0.05, 0) is 25.7 Å². The summed E-state index contributed by atoms with van der Waals surface area (Å²) in [6.45, 7) is 7.23. The Morgan fingerprint density at radius 3 is 2.67 bits per heavy atom. The summed E-state index contributed by atoms with van der Waals surface area (Å²) in [6, 6.07) is -0.104. The minimum absolute atomic E-state index is 0.104. The Kier molecular flexibility index (Phi) is 3.93. The van der Waals surface area contributed by atoms with Gasteiger partial charge in [0.1, 0.15) is 0 Å². The normalized spacial score (nSPS) is 18.2. The number of hydrogen-bond acceptors (Lipinski definition) is 3. The van der Waals surface area contributed by atoms with E-state index in [1.807, 2.05) is 0 Å². The highest BCUT2D eigenvalue weighted by atomic mass is 32.2. The zero-order valence-electron chi connectivity index (χ0n) is 8.78. The van der Waals surface area contributed by atoms with Gasteiger partial charge in [-0.2, -0.15) is 0 Å². The van der Waals surface area contributed by atoms with Crippen molar-refractivity contribution in [2.45, 2.75) is 37.0 Å². The molecule has 1 fully saturated rings. The van der Waals surface area contributed by atoms with Crippen molar-refractivity contribution in [2.75, 3.05) is 0 Å². The molecule has 0 amide bonds. The molecule has 1 atom stereocenters. The van der Waals surface area contributed by atoms with Gasteiger partial charge in [-0.25, -0.2) is 8.42 Å². The van der Waals surface area contributed by atoms with Gasteiger partial charge in [0, 0.05) is 11.7 Å². The van der Waals surface area contributed by atoms with E-state index < -0.39 is 10.0 Å². The van der Waals surface area contributed by atoms with Crippen LogP contribution in [0.3, 0.4) is 0 Å². The topological polar surface area (TPSA) is 72.2 Å². The van der Waals surface area contributed by atoms with E-state index in [9.17, 15) is 8.42 Å². The van der Waals surface area contributed by atoms with Crippen LogP contribution >= 0.6 is 0 Å². The molecule has 1 rings (SSSR count). The Balaban J connectivity index is 2.32. The van der Waals surface area contributed by atoms with Gasteiger partial charge in [-0.3, -0.25) is 4.72 Å². The summed E-state index contributed by atoms with van der Waals surface area (Å²) in [6.07, 6.45) is 4.38. The van der Waals surface area contributed by atoms with E-state index in [-0.39, 0.29) is 11.3 Å². The van der Waals surface area contributed by atoms with Crippen molar-refractivity contribution in [1.29, 1.82) is 0 Å². The molecule has 15 heavy (non-hydrogen) atoms. The van der Waals surface area contributed by atoms with E-state index in [4.69, 9.17) is 5.73 Å². The van der Waals surface area contributed by atoms with Crippen molar-refractivity contribution in [3.8, 4) is 0 Å². The van der Waals surface area contributed by atoms with Gasteiger partial charge >= 0.3 is 0 Å². The van der Waals surface area contributed by atoms with Crippen molar-refractivity contribution >= 4 is 10.0 Å². The largest absolute Gasteiger partial charge is 0.324 e. The monoisotopic (exact) mass is 230 g/mol. The number of nitrogens with two attached hydrogens (primary N) is 1. The van der Waals surface area contributed by atoms with E-state index in [0.717, 1.165) is 12.8 Å². The molecular weight excluding hydrogens is 212 g/mol. The predicted octanol–water partition coefficient (Wildman–Crippen LogP) is 0.875. The molecule has 0 aromatic heterocycles. The van der Waals surface area contributed by atoms with Crippen molar-refractivity contribution in [3.63, 3.8) is 0 Å². The van der Waals surface area contributed by atoms with Gasteiger partial charge in [-0.15, -0.1) is 6.58 Å². The fraction of sp³-hybridized carbons (Fsp3) is 0.600. The summed E-state index contributed by atoms with van der Waals surface area (Å²) >= 11 is 0. The second-order valence-electron chi connectivity index (χ2n) is 3.89. The molecule has 0 heterocycles. The summed E-state index contributed by atoms with van der Waals surface area (Å²) in [4.78, 5) is 0. The molecule has 4 nitrogen and oxygen atoms in total. The molecule has 0 aromatic rings. The Labute approximate surface area is 91.3 Å². The van der Waals surface area contributed by atoms with Crippen LogP contribution in [0.4, 0.5) is 0 Å². The van der Waals surface area contributed by atoms with Gasteiger partial charge in [0.15, 0.2) is 0 Å². The first-order chi connectivity index (χ1) is 6.95. The van der Waals surface area contributed by atoms with Crippen LogP contribution in [0.2, 0.25) is 0 Å². The highest BCUT2D eigenvalue weighted by Crippen LogP contribution is 2.28. The third kappa shape index (κ3) is 4.05. The Bertz CT molecular complexity index is 344. The number of hydrogen-bond donors (Lipinski definition) is 2. The molecular formula is C10H18N2O2S. The molecule has 0 saturated heterocycles. The van der Waals surface area contributed by atoms with Crippen LogP contribution in [0.1, 0.15) is 25.7 Å². The quantitative estimate of drug-likeness (QED) is 0.638. The summed E-state index contributed by atoms with van der Waals surface area (Å²) in [5.41, 5.74) is 6.13. The van der Waals surface area contributed by atoms with Gasteiger partial charge < -0.3 is 5.73 Å². The number of allylic oxidation sites excluding steroid dienone is 1. The third-order valence-corrected chi connectivity index (χ3v) is 4.25. The fourth-order valence-electron chi connectivity index (χ4n) is 1.17. The molecule has 5 heteroatoms. The van der Waals surface area contributed by atoms with Gasteiger partial charge in [0.25, 0.3) is 0 Å². The van der Waals surface area contributed by atoms with Crippen LogP contribution in [0.5, 0.6) is 0 Å². The lowest BCUT2D eigenvalue weighted by Gasteiger charge is -2.11. The first-order valence-electron chi connectivity index (χ1n) is 5.03. The fourth-order valence-corrected chi connectivity index (χ4v) is 2.60. The van der Waals surface area contributed by atoms with E-state index in [1.165, 1.54) is 0 Å². The molecule has 0 bridgehead atoms. The van der Waals surface area contributed by atoms with Crippen LogP contribution in [0.25, 0.3) is 0 Å². The van der Waals surface area contributed by atoms with Crippen LogP contribution in [0, 0.1) is 0 Å². The average molecular weight is 230 g/mol. The number of rotatable bonds is 7. The molecule has 1 saturated carbocycles. The molecule has 0 aliphatic heterocycles. The van der Waals surface area contributed by atoms with E-state index in [2.05, 4.69) is 17.9 Å².